The molecule has 0 saturated carbocycles. The van der Waals surface area contributed by atoms with Crippen LogP contribution in [0.2, 0.25) is 23.2 Å². The Hall–Kier alpha value is -1.29. The molecule has 0 saturated heterocycles. The molecule has 5 nitrogen and oxygen atoms in total. The van der Waals surface area contributed by atoms with Crippen LogP contribution in [0.3, 0.4) is 0 Å². The van der Waals surface area contributed by atoms with E-state index in [0.29, 0.717) is 16.9 Å². The lowest BCUT2D eigenvalue weighted by molar-refractivity contribution is 0.252. The van der Waals surface area contributed by atoms with Crippen molar-refractivity contribution in [2.24, 2.45) is 0 Å². The van der Waals surface area contributed by atoms with Crippen LogP contribution >= 0.6 is 11.6 Å². The van der Waals surface area contributed by atoms with Crippen LogP contribution in [0.5, 0.6) is 11.5 Å². The molecule has 0 amide bonds. The first-order chi connectivity index (χ1) is 16.0. The van der Waals surface area contributed by atoms with E-state index >= 15 is 0 Å². The second-order valence-corrected chi connectivity index (χ2v) is 18.3. The van der Waals surface area contributed by atoms with Gasteiger partial charge in [-0.15, -0.1) is 4.72 Å². The van der Waals surface area contributed by atoms with E-state index in [2.05, 4.69) is 38.6 Å². The van der Waals surface area contributed by atoms with Crippen LogP contribution in [0, 0.1) is 5.82 Å². The maximum absolute atomic E-state index is 14.6. The SMILES string of the molecule is COc1ccc(OCc2c(Cl)cc(F)cc2C(CO[Si](C)(C)C(C)(C)C)N[S+]([O-])C(C)(C)C)cc1. The first-order valence-corrected chi connectivity index (χ1v) is 16.1. The molecule has 0 aliphatic rings. The highest BCUT2D eigenvalue weighted by atomic mass is 35.5. The number of methoxy groups -OCH3 is 1. The summed E-state index contributed by atoms with van der Waals surface area (Å²) >= 11 is 5.09. The molecule has 0 aliphatic heterocycles. The third-order valence-corrected chi connectivity index (χ3v) is 12.7. The smallest absolute Gasteiger partial charge is 0.192 e. The molecule has 0 heterocycles. The lowest BCUT2D eigenvalue weighted by Gasteiger charge is -2.38. The van der Waals surface area contributed by atoms with Crippen LogP contribution in [0.15, 0.2) is 36.4 Å². The predicted molar refractivity (Wildman–Crippen MR) is 146 cm³/mol. The summed E-state index contributed by atoms with van der Waals surface area (Å²) in [7, 11) is -0.533. The van der Waals surface area contributed by atoms with Gasteiger partial charge in [-0.2, -0.15) is 0 Å². The Morgan fingerprint density at radius 2 is 1.63 bits per heavy atom. The molecule has 2 atom stereocenters. The summed E-state index contributed by atoms with van der Waals surface area (Å²) < 4.78 is 47.9. The van der Waals surface area contributed by atoms with E-state index in [-0.39, 0.29) is 23.3 Å². The molecule has 0 radical (unpaired) electrons. The highest BCUT2D eigenvalue weighted by Gasteiger charge is 2.39. The van der Waals surface area contributed by atoms with Gasteiger partial charge in [0, 0.05) is 16.9 Å². The van der Waals surface area contributed by atoms with Crippen molar-refractivity contribution in [3.63, 3.8) is 0 Å². The fourth-order valence-electron chi connectivity index (χ4n) is 2.92. The number of benzene rings is 2. The zero-order valence-corrected chi connectivity index (χ0v) is 24.8. The molecule has 1 N–H and O–H groups in total. The van der Waals surface area contributed by atoms with Crippen molar-refractivity contribution < 1.29 is 22.8 Å². The van der Waals surface area contributed by atoms with Crippen molar-refractivity contribution in [2.45, 2.75) is 77.1 Å². The largest absolute Gasteiger partial charge is 0.598 e. The van der Waals surface area contributed by atoms with Crippen LogP contribution in [0.4, 0.5) is 4.39 Å². The molecular formula is C26H39ClFNO4SSi. The monoisotopic (exact) mass is 543 g/mol. The zero-order valence-electron chi connectivity index (χ0n) is 22.3. The molecule has 2 rings (SSSR count). The van der Waals surface area contributed by atoms with Crippen molar-refractivity contribution in [2.75, 3.05) is 13.7 Å². The standard InChI is InChI=1S/C26H39ClFNO4SSi/c1-25(2,3)34(30)29-24(17-33-35(8,9)26(4,5)6)21-14-18(28)15-23(27)22(21)16-32-20-12-10-19(31-7)11-13-20/h10-15,24,29H,16-17H2,1-9H3. The second kappa shape index (κ2) is 11.8. The summed E-state index contributed by atoms with van der Waals surface area (Å²) in [5.74, 6) is 0.867. The van der Waals surface area contributed by atoms with Gasteiger partial charge in [-0.05, 0) is 80.9 Å². The number of hydrogen-bond acceptors (Lipinski definition) is 5. The van der Waals surface area contributed by atoms with Gasteiger partial charge in [0.1, 0.15) is 34.7 Å². The number of halogens is 2. The molecule has 35 heavy (non-hydrogen) atoms. The van der Waals surface area contributed by atoms with Crippen LogP contribution in [0.1, 0.15) is 58.7 Å². The van der Waals surface area contributed by atoms with Gasteiger partial charge in [-0.3, -0.25) is 0 Å². The van der Waals surface area contributed by atoms with Crippen LogP contribution in [0.25, 0.3) is 0 Å². The summed E-state index contributed by atoms with van der Waals surface area (Å²) in [6.45, 7) is 16.8. The average molecular weight is 544 g/mol. The van der Waals surface area contributed by atoms with Gasteiger partial charge in [-0.25, -0.2) is 4.39 Å². The summed E-state index contributed by atoms with van der Waals surface area (Å²) in [6, 6.07) is 9.32. The average Bonchev–Trinajstić information content (AvgIpc) is 2.74. The molecule has 0 fully saturated rings. The normalized spacial score (nSPS) is 14.5. The first-order valence-electron chi connectivity index (χ1n) is 11.6. The Kier molecular flexibility index (Phi) is 10.1. The van der Waals surface area contributed by atoms with Gasteiger partial charge in [0.05, 0.1) is 18.7 Å². The van der Waals surface area contributed by atoms with Crippen molar-refractivity contribution in [1.82, 2.24) is 4.72 Å². The third-order valence-electron chi connectivity index (χ3n) is 6.24. The fraction of sp³-hybridized carbons (Fsp3) is 0.538. The fourth-order valence-corrected chi connectivity index (χ4v) is 5.01. The molecule has 2 unspecified atom stereocenters. The van der Waals surface area contributed by atoms with Crippen LogP contribution < -0.4 is 14.2 Å². The van der Waals surface area contributed by atoms with Gasteiger partial charge >= 0.3 is 0 Å². The van der Waals surface area contributed by atoms with E-state index in [0.717, 1.165) is 5.75 Å². The summed E-state index contributed by atoms with van der Waals surface area (Å²) in [5.41, 5.74) is 1.19. The minimum Gasteiger partial charge on any atom is -0.598 e. The Morgan fingerprint density at radius 1 is 1.06 bits per heavy atom. The molecule has 0 aliphatic carbocycles. The Morgan fingerprint density at radius 3 is 2.14 bits per heavy atom. The Bertz CT molecular complexity index is 977. The molecule has 0 spiro atoms. The molecular weight excluding hydrogens is 505 g/mol. The van der Waals surface area contributed by atoms with Crippen molar-refractivity contribution >= 4 is 31.3 Å². The van der Waals surface area contributed by atoms with Crippen LogP contribution in [-0.2, 0) is 22.4 Å². The van der Waals surface area contributed by atoms with E-state index < -0.39 is 36.3 Å². The molecule has 196 valence electrons. The molecule has 0 aromatic heterocycles. The van der Waals surface area contributed by atoms with Gasteiger partial charge in [0.2, 0.25) is 0 Å². The minimum absolute atomic E-state index is 0.0133. The van der Waals surface area contributed by atoms with Gasteiger partial charge in [0.25, 0.3) is 0 Å². The van der Waals surface area contributed by atoms with E-state index in [1.54, 1.807) is 31.4 Å². The van der Waals surface area contributed by atoms with E-state index in [4.69, 9.17) is 25.5 Å². The topological polar surface area (TPSA) is 62.8 Å². The van der Waals surface area contributed by atoms with E-state index in [9.17, 15) is 8.94 Å². The lowest BCUT2D eigenvalue weighted by atomic mass is 10.0. The quantitative estimate of drug-likeness (QED) is 0.254. The zero-order chi connectivity index (χ0) is 26.6. The third kappa shape index (κ3) is 8.37. The Balaban J connectivity index is 2.42. The highest BCUT2D eigenvalue weighted by Crippen LogP contribution is 2.38. The summed E-state index contributed by atoms with van der Waals surface area (Å²) in [6.07, 6.45) is 0. The van der Waals surface area contributed by atoms with Gasteiger partial charge < -0.3 is 18.5 Å². The van der Waals surface area contributed by atoms with Crippen molar-refractivity contribution in [1.29, 1.82) is 0 Å². The van der Waals surface area contributed by atoms with Crippen LogP contribution in [-0.4, -0.2) is 31.3 Å². The predicted octanol–water partition coefficient (Wildman–Crippen LogP) is 7.18. The number of hydrogen-bond donors (Lipinski definition) is 1. The summed E-state index contributed by atoms with van der Waals surface area (Å²) in [5, 5.41) is 0.231. The molecule has 9 heteroatoms. The van der Waals surface area contributed by atoms with E-state index in [1.807, 2.05) is 20.8 Å². The highest BCUT2D eigenvalue weighted by molar-refractivity contribution is 7.90. The van der Waals surface area contributed by atoms with Crippen molar-refractivity contribution in [3.05, 3.63) is 58.4 Å². The first kappa shape index (κ1) is 29.9. The molecule has 2 aromatic rings. The summed E-state index contributed by atoms with van der Waals surface area (Å²) in [4.78, 5) is 0. The number of rotatable bonds is 10. The van der Waals surface area contributed by atoms with Gasteiger partial charge in [-0.1, -0.05) is 32.4 Å². The lowest BCUT2D eigenvalue weighted by Crippen LogP contribution is -2.46. The van der Waals surface area contributed by atoms with Gasteiger partial charge in [0.15, 0.2) is 8.32 Å². The Labute approximate surface area is 219 Å². The van der Waals surface area contributed by atoms with E-state index in [1.165, 1.54) is 12.1 Å². The number of nitrogens with one attached hydrogen (secondary N) is 1. The second-order valence-electron chi connectivity index (χ2n) is 11.0. The molecule has 2 aromatic carbocycles. The minimum atomic E-state index is -2.13. The maximum atomic E-state index is 14.6. The maximum Gasteiger partial charge on any atom is 0.192 e. The molecule has 0 bridgehead atoms. The number of ether oxygens (including phenoxy) is 2. The van der Waals surface area contributed by atoms with Crippen molar-refractivity contribution in [3.8, 4) is 11.5 Å².